The Balaban J connectivity index is 2.54. The van der Waals surface area contributed by atoms with E-state index in [1.165, 1.54) is 12.1 Å². The molecule has 0 aliphatic rings. The van der Waals surface area contributed by atoms with Gasteiger partial charge in [-0.25, -0.2) is 0 Å². The fourth-order valence-corrected chi connectivity index (χ4v) is 1.17. The van der Waals surface area contributed by atoms with Gasteiger partial charge in [0.15, 0.2) is 0 Å². The molecule has 0 amide bonds. The van der Waals surface area contributed by atoms with Gasteiger partial charge in [0.2, 0.25) is 0 Å². The van der Waals surface area contributed by atoms with Gasteiger partial charge in [-0.15, -0.1) is 13.2 Å². The summed E-state index contributed by atoms with van der Waals surface area (Å²) >= 11 is 0. The molecule has 1 aromatic heterocycles. The van der Waals surface area contributed by atoms with Gasteiger partial charge in [-0.1, -0.05) is 18.2 Å². The summed E-state index contributed by atoms with van der Waals surface area (Å²) in [6.45, 7) is 0. The van der Waals surface area contributed by atoms with Crippen molar-refractivity contribution in [3.05, 3.63) is 36.5 Å². The second-order valence-corrected chi connectivity index (χ2v) is 2.66. The predicted molar refractivity (Wildman–Crippen MR) is 44.6 cm³/mol. The minimum absolute atomic E-state index is 0.222. The molecule has 0 spiro atoms. The molecule has 0 saturated heterocycles. The largest absolute Gasteiger partial charge is 0.591 e. The number of hydrogen-bond donors (Lipinski definition) is 0. The molecule has 5 heteroatoms. The number of benzene rings is 1. The third kappa shape index (κ3) is 1.66. The molecule has 0 saturated carbocycles. The van der Waals surface area contributed by atoms with Gasteiger partial charge in [-0.05, 0) is 12.1 Å². The maximum atomic E-state index is 12.0. The molecule has 0 N–H and O–H groups in total. The van der Waals surface area contributed by atoms with Crippen molar-refractivity contribution in [2.45, 2.75) is 6.36 Å². The number of nitrogens with zero attached hydrogens (tertiary/aromatic N) is 1. The Hall–Kier alpha value is -1.65. The van der Waals surface area contributed by atoms with Crippen LogP contribution in [0, 0.1) is 0 Å². The SMILES string of the molecule is [2H]c1cc2ccccc2n1OC(F)(F)F. The average molecular weight is 202 g/mol. The topological polar surface area (TPSA) is 14.2 Å². The fourth-order valence-electron chi connectivity index (χ4n) is 1.17. The van der Waals surface area contributed by atoms with Gasteiger partial charge in [-0.3, -0.25) is 0 Å². The summed E-state index contributed by atoms with van der Waals surface area (Å²) in [6.07, 6.45) is -5.13. The summed E-state index contributed by atoms with van der Waals surface area (Å²) in [4.78, 5) is 3.71. The van der Waals surface area contributed by atoms with Crippen molar-refractivity contribution in [1.29, 1.82) is 0 Å². The Labute approximate surface area is 78.9 Å². The van der Waals surface area contributed by atoms with Crippen molar-refractivity contribution in [2.75, 3.05) is 0 Å². The van der Waals surface area contributed by atoms with E-state index in [9.17, 15) is 13.2 Å². The lowest BCUT2D eigenvalue weighted by atomic mass is 10.3. The molecule has 2 nitrogen and oxygen atoms in total. The van der Waals surface area contributed by atoms with E-state index in [-0.39, 0.29) is 11.7 Å². The highest BCUT2D eigenvalue weighted by molar-refractivity contribution is 5.79. The standard InChI is InChI=1S/C9H6F3NO/c10-9(11,12)14-13-6-5-7-3-1-2-4-8(7)13/h1-6H/i6D. The van der Waals surface area contributed by atoms with E-state index >= 15 is 0 Å². The Morgan fingerprint density at radius 3 is 2.64 bits per heavy atom. The van der Waals surface area contributed by atoms with Crippen LogP contribution in [0.4, 0.5) is 13.2 Å². The van der Waals surface area contributed by atoms with E-state index < -0.39 is 6.36 Å². The van der Waals surface area contributed by atoms with Crippen LogP contribution in [0.1, 0.15) is 1.37 Å². The lowest BCUT2D eigenvalue weighted by Crippen LogP contribution is -2.26. The smallest absolute Gasteiger partial charge is 0.313 e. The molecule has 0 aliphatic heterocycles. The van der Waals surface area contributed by atoms with Gasteiger partial charge >= 0.3 is 6.36 Å². The zero-order valence-electron chi connectivity index (χ0n) is 7.88. The third-order valence-electron chi connectivity index (χ3n) is 1.69. The van der Waals surface area contributed by atoms with E-state index in [1.807, 2.05) is 0 Å². The number of aromatic nitrogens is 1. The van der Waals surface area contributed by atoms with Crippen LogP contribution >= 0.6 is 0 Å². The Bertz CT molecular complexity index is 492. The van der Waals surface area contributed by atoms with Crippen molar-refractivity contribution in [3.8, 4) is 0 Å². The minimum atomic E-state index is -4.79. The first-order valence-corrected chi connectivity index (χ1v) is 3.81. The molecule has 1 heterocycles. The van der Waals surface area contributed by atoms with Crippen molar-refractivity contribution in [3.63, 3.8) is 0 Å². The summed E-state index contributed by atoms with van der Waals surface area (Å²) in [5, 5.41) is 0.534. The highest BCUT2D eigenvalue weighted by Crippen LogP contribution is 2.18. The van der Waals surface area contributed by atoms with Crippen LogP contribution in [0.15, 0.2) is 36.5 Å². The predicted octanol–water partition coefficient (Wildman–Crippen LogP) is 2.59. The minimum Gasteiger partial charge on any atom is -0.313 e. The monoisotopic (exact) mass is 202 g/mol. The lowest BCUT2D eigenvalue weighted by molar-refractivity contribution is -0.321. The molecule has 74 valence electrons. The highest BCUT2D eigenvalue weighted by Gasteiger charge is 2.32. The van der Waals surface area contributed by atoms with Gasteiger partial charge in [0.05, 0.1) is 6.89 Å². The first-order chi connectivity index (χ1) is 6.97. The molecular weight excluding hydrogens is 195 g/mol. The first-order valence-electron chi connectivity index (χ1n) is 4.31. The molecule has 0 radical (unpaired) electrons. The van der Waals surface area contributed by atoms with Crippen LogP contribution in [-0.4, -0.2) is 11.1 Å². The number of halogens is 3. The molecule has 0 fully saturated rings. The van der Waals surface area contributed by atoms with E-state index in [4.69, 9.17) is 1.37 Å². The highest BCUT2D eigenvalue weighted by atomic mass is 19.4. The van der Waals surface area contributed by atoms with Crippen molar-refractivity contribution >= 4 is 10.9 Å². The molecule has 0 aliphatic carbocycles. The van der Waals surface area contributed by atoms with Gasteiger partial charge < -0.3 is 4.84 Å². The van der Waals surface area contributed by atoms with Gasteiger partial charge in [0, 0.05) is 11.6 Å². The number of fused-ring (bicyclic) bond motifs is 1. The van der Waals surface area contributed by atoms with E-state index in [1.54, 1.807) is 18.2 Å². The molecule has 2 aromatic rings. The third-order valence-corrected chi connectivity index (χ3v) is 1.69. The molecule has 0 atom stereocenters. The Morgan fingerprint density at radius 1 is 1.21 bits per heavy atom. The molecule has 0 bridgehead atoms. The number of alkyl halides is 3. The average Bonchev–Trinajstić information content (AvgIpc) is 2.41. The Morgan fingerprint density at radius 2 is 1.93 bits per heavy atom. The number of hydrogen-bond acceptors (Lipinski definition) is 1. The van der Waals surface area contributed by atoms with Crippen molar-refractivity contribution in [1.82, 2.24) is 4.73 Å². The summed E-state index contributed by atoms with van der Waals surface area (Å²) in [5.74, 6) is 0. The Kier molecular flexibility index (Phi) is 1.62. The maximum absolute atomic E-state index is 12.0. The molecule has 14 heavy (non-hydrogen) atoms. The molecule has 0 unspecified atom stereocenters. The molecule has 2 rings (SSSR count). The van der Waals surface area contributed by atoms with Crippen LogP contribution < -0.4 is 4.84 Å². The fraction of sp³-hybridized carbons (Fsp3) is 0.111. The second-order valence-electron chi connectivity index (χ2n) is 2.66. The van der Waals surface area contributed by atoms with E-state index in [0.29, 0.717) is 10.1 Å². The quantitative estimate of drug-likeness (QED) is 0.693. The number of para-hydroxylation sites is 1. The summed E-state index contributed by atoms with van der Waals surface area (Å²) < 4.78 is 43.8. The van der Waals surface area contributed by atoms with Crippen LogP contribution in [-0.2, 0) is 0 Å². The zero-order chi connectivity index (χ0) is 11.1. The summed E-state index contributed by atoms with van der Waals surface area (Å²) in [7, 11) is 0. The van der Waals surface area contributed by atoms with E-state index in [0.717, 1.165) is 0 Å². The van der Waals surface area contributed by atoms with Gasteiger partial charge in [0.25, 0.3) is 0 Å². The van der Waals surface area contributed by atoms with Crippen LogP contribution in [0.25, 0.3) is 10.9 Å². The van der Waals surface area contributed by atoms with Crippen molar-refractivity contribution in [2.24, 2.45) is 0 Å². The van der Waals surface area contributed by atoms with Gasteiger partial charge in [-0.2, -0.15) is 4.73 Å². The molecular formula is C9H6F3NO. The van der Waals surface area contributed by atoms with Gasteiger partial charge in [0.1, 0.15) is 0 Å². The van der Waals surface area contributed by atoms with Crippen molar-refractivity contribution < 1.29 is 19.4 Å². The second kappa shape index (κ2) is 2.94. The summed E-state index contributed by atoms with van der Waals surface area (Å²) in [5.41, 5.74) is 0.222. The lowest BCUT2D eigenvalue weighted by Gasteiger charge is -2.09. The van der Waals surface area contributed by atoms with Crippen LogP contribution in [0.3, 0.4) is 0 Å². The molecule has 1 aromatic carbocycles. The zero-order valence-corrected chi connectivity index (χ0v) is 6.88. The maximum Gasteiger partial charge on any atom is 0.591 e. The summed E-state index contributed by atoms with van der Waals surface area (Å²) in [6, 6.07) is 7.64. The van der Waals surface area contributed by atoms with E-state index in [2.05, 4.69) is 4.84 Å². The normalized spacial score (nSPS) is 12.9. The van der Waals surface area contributed by atoms with Crippen LogP contribution in [0.2, 0.25) is 0 Å². The first kappa shape index (κ1) is 7.73. The number of rotatable bonds is 1. The van der Waals surface area contributed by atoms with Crippen LogP contribution in [0.5, 0.6) is 0 Å².